The summed E-state index contributed by atoms with van der Waals surface area (Å²) in [6, 6.07) is 6.22. The van der Waals surface area contributed by atoms with Gasteiger partial charge in [0.05, 0.1) is 6.04 Å². The number of nitrogens with one attached hydrogen (secondary N) is 1. The Kier molecular flexibility index (Phi) is 6.37. The summed E-state index contributed by atoms with van der Waals surface area (Å²) in [5.41, 5.74) is 7.35. The molecule has 20 heavy (non-hydrogen) atoms. The average molecular weight is 295 g/mol. The van der Waals surface area contributed by atoms with Crippen molar-refractivity contribution in [2.24, 2.45) is 17.6 Å². The molecule has 0 aromatic heterocycles. The normalized spacial score (nSPS) is 15.4. The fourth-order valence-corrected chi connectivity index (χ4v) is 2.85. The predicted octanol–water partition coefficient (Wildman–Crippen LogP) is 3.94. The van der Waals surface area contributed by atoms with E-state index in [1.807, 2.05) is 13.8 Å². The zero-order valence-corrected chi connectivity index (χ0v) is 13.1. The van der Waals surface area contributed by atoms with Crippen LogP contribution in [0.5, 0.6) is 0 Å². The molecule has 0 aliphatic rings. The van der Waals surface area contributed by atoms with Crippen molar-refractivity contribution in [1.82, 2.24) is 0 Å². The standard InChI is InChI=1S/C16H23ClN2O/c1-4-13(10(3)18)14(5-2)15(19)16(20)11-6-8-12(17)9-7-11/h6-9,13-15,18H,4-5,19H2,1-3H3/t13-,14?,15?/m1/s1. The van der Waals surface area contributed by atoms with Crippen LogP contribution in [0, 0.1) is 17.2 Å². The molecule has 110 valence electrons. The van der Waals surface area contributed by atoms with E-state index in [0.29, 0.717) is 16.3 Å². The van der Waals surface area contributed by atoms with Crippen LogP contribution in [0.25, 0.3) is 0 Å². The average Bonchev–Trinajstić information content (AvgIpc) is 2.43. The third-order valence-electron chi connectivity index (χ3n) is 3.88. The number of nitrogens with two attached hydrogens (primary N) is 1. The van der Waals surface area contributed by atoms with Crippen molar-refractivity contribution in [3.05, 3.63) is 34.9 Å². The number of carbonyl (C=O) groups is 1. The lowest BCUT2D eigenvalue weighted by Gasteiger charge is -2.29. The first-order valence-electron chi connectivity index (χ1n) is 7.02. The number of carbonyl (C=O) groups excluding carboxylic acids is 1. The number of Topliss-reactive ketones (excluding diaryl/α,β-unsaturated/α-hetero) is 1. The lowest BCUT2D eigenvalue weighted by molar-refractivity contribution is 0.0916. The van der Waals surface area contributed by atoms with Gasteiger partial charge in [0.15, 0.2) is 5.78 Å². The Bertz CT molecular complexity index is 470. The summed E-state index contributed by atoms with van der Waals surface area (Å²) in [6.07, 6.45) is 1.62. The molecule has 0 heterocycles. The molecule has 3 atom stereocenters. The van der Waals surface area contributed by atoms with E-state index < -0.39 is 6.04 Å². The first kappa shape index (κ1) is 16.9. The molecule has 0 bridgehead atoms. The molecule has 3 nitrogen and oxygen atoms in total. The maximum atomic E-state index is 12.5. The summed E-state index contributed by atoms with van der Waals surface area (Å²) in [4.78, 5) is 12.5. The third-order valence-corrected chi connectivity index (χ3v) is 4.13. The second-order valence-electron chi connectivity index (χ2n) is 5.17. The smallest absolute Gasteiger partial charge is 0.179 e. The van der Waals surface area contributed by atoms with Gasteiger partial charge in [-0.25, -0.2) is 0 Å². The Morgan fingerprint density at radius 1 is 1.25 bits per heavy atom. The molecule has 0 saturated heterocycles. The van der Waals surface area contributed by atoms with Crippen LogP contribution in [0.15, 0.2) is 24.3 Å². The monoisotopic (exact) mass is 294 g/mol. The fraction of sp³-hybridized carbons (Fsp3) is 0.500. The minimum Gasteiger partial charge on any atom is -0.321 e. The molecule has 0 radical (unpaired) electrons. The van der Waals surface area contributed by atoms with Crippen LogP contribution < -0.4 is 5.73 Å². The Hall–Kier alpha value is -1.19. The van der Waals surface area contributed by atoms with E-state index in [9.17, 15) is 4.79 Å². The topological polar surface area (TPSA) is 66.9 Å². The summed E-state index contributed by atoms with van der Waals surface area (Å²) in [5.74, 6) is -0.0138. The van der Waals surface area contributed by atoms with Crippen molar-refractivity contribution in [1.29, 1.82) is 5.41 Å². The summed E-state index contributed by atoms with van der Waals surface area (Å²) < 4.78 is 0. The molecule has 0 fully saturated rings. The summed E-state index contributed by atoms with van der Waals surface area (Å²) in [5, 5.41) is 8.47. The van der Waals surface area contributed by atoms with Gasteiger partial charge in [0, 0.05) is 22.2 Å². The van der Waals surface area contributed by atoms with Crippen molar-refractivity contribution < 1.29 is 4.79 Å². The summed E-state index contributed by atoms with van der Waals surface area (Å²) in [7, 11) is 0. The van der Waals surface area contributed by atoms with Gasteiger partial charge in [-0.15, -0.1) is 0 Å². The lowest BCUT2D eigenvalue weighted by atomic mass is 9.78. The highest BCUT2D eigenvalue weighted by Crippen LogP contribution is 2.25. The van der Waals surface area contributed by atoms with E-state index in [1.165, 1.54) is 0 Å². The van der Waals surface area contributed by atoms with Crippen LogP contribution in [-0.4, -0.2) is 17.5 Å². The van der Waals surface area contributed by atoms with Crippen LogP contribution in [0.1, 0.15) is 44.0 Å². The lowest BCUT2D eigenvalue weighted by Crippen LogP contribution is -2.43. The Morgan fingerprint density at radius 2 is 1.80 bits per heavy atom. The van der Waals surface area contributed by atoms with Crippen molar-refractivity contribution in [3.63, 3.8) is 0 Å². The van der Waals surface area contributed by atoms with Gasteiger partial charge in [-0.3, -0.25) is 4.79 Å². The number of benzene rings is 1. The molecule has 1 aromatic carbocycles. The highest BCUT2D eigenvalue weighted by Gasteiger charge is 2.31. The predicted molar refractivity (Wildman–Crippen MR) is 84.7 cm³/mol. The molecule has 3 N–H and O–H groups in total. The van der Waals surface area contributed by atoms with Gasteiger partial charge >= 0.3 is 0 Å². The maximum absolute atomic E-state index is 12.5. The second-order valence-corrected chi connectivity index (χ2v) is 5.60. The summed E-state index contributed by atoms with van der Waals surface area (Å²) in [6.45, 7) is 5.84. The molecule has 0 amide bonds. The van der Waals surface area contributed by atoms with Crippen molar-refractivity contribution in [2.75, 3.05) is 0 Å². The van der Waals surface area contributed by atoms with Gasteiger partial charge in [0.25, 0.3) is 0 Å². The van der Waals surface area contributed by atoms with Crippen molar-refractivity contribution >= 4 is 23.1 Å². The Morgan fingerprint density at radius 3 is 2.20 bits per heavy atom. The van der Waals surface area contributed by atoms with Crippen LogP contribution in [-0.2, 0) is 0 Å². The SMILES string of the molecule is CCC(C(N)C(=O)c1ccc(Cl)cc1)[C@H](CC)C(C)=N. The molecule has 0 aliphatic carbocycles. The highest BCUT2D eigenvalue weighted by atomic mass is 35.5. The van der Waals surface area contributed by atoms with Crippen LogP contribution in [0.2, 0.25) is 5.02 Å². The van der Waals surface area contributed by atoms with E-state index in [2.05, 4.69) is 0 Å². The Balaban J connectivity index is 2.95. The number of halogens is 1. The molecule has 2 unspecified atom stereocenters. The number of hydrogen-bond acceptors (Lipinski definition) is 3. The van der Waals surface area contributed by atoms with E-state index in [4.69, 9.17) is 22.7 Å². The zero-order chi connectivity index (χ0) is 15.3. The van der Waals surface area contributed by atoms with Gasteiger partial charge in [-0.1, -0.05) is 31.9 Å². The maximum Gasteiger partial charge on any atom is 0.179 e. The molecular formula is C16H23ClN2O. The molecule has 1 aromatic rings. The Labute approximate surface area is 126 Å². The van der Waals surface area contributed by atoms with Crippen molar-refractivity contribution in [3.8, 4) is 0 Å². The minimum absolute atomic E-state index is 0.000628. The van der Waals surface area contributed by atoms with Gasteiger partial charge in [0.2, 0.25) is 0 Å². The number of rotatable bonds is 7. The van der Waals surface area contributed by atoms with E-state index in [1.54, 1.807) is 31.2 Å². The molecule has 4 heteroatoms. The summed E-state index contributed by atoms with van der Waals surface area (Å²) >= 11 is 5.83. The molecular weight excluding hydrogens is 272 g/mol. The zero-order valence-electron chi connectivity index (χ0n) is 12.3. The fourth-order valence-electron chi connectivity index (χ4n) is 2.72. The van der Waals surface area contributed by atoms with Gasteiger partial charge in [-0.05, 0) is 43.5 Å². The van der Waals surface area contributed by atoms with E-state index >= 15 is 0 Å². The third kappa shape index (κ3) is 3.90. The quantitative estimate of drug-likeness (QED) is 0.591. The van der Waals surface area contributed by atoms with Gasteiger partial charge in [-0.2, -0.15) is 0 Å². The first-order chi connectivity index (χ1) is 9.42. The van der Waals surface area contributed by atoms with Gasteiger partial charge < -0.3 is 11.1 Å². The molecule has 0 aliphatic heterocycles. The second kappa shape index (κ2) is 7.55. The van der Waals surface area contributed by atoms with Crippen LogP contribution in [0.4, 0.5) is 0 Å². The van der Waals surface area contributed by atoms with E-state index in [0.717, 1.165) is 12.8 Å². The minimum atomic E-state index is -0.577. The van der Waals surface area contributed by atoms with Gasteiger partial charge in [0.1, 0.15) is 0 Å². The van der Waals surface area contributed by atoms with Crippen LogP contribution >= 0.6 is 11.6 Å². The molecule has 1 rings (SSSR count). The molecule has 0 saturated carbocycles. The number of hydrogen-bond donors (Lipinski definition) is 2. The number of ketones is 1. The molecule has 0 spiro atoms. The van der Waals surface area contributed by atoms with Crippen LogP contribution in [0.3, 0.4) is 0 Å². The highest BCUT2D eigenvalue weighted by molar-refractivity contribution is 6.30. The largest absolute Gasteiger partial charge is 0.321 e. The first-order valence-corrected chi connectivity index (χ1v) is 7.40. The van der Waals surface area contributed by atoms with Crippen molar-refractivity contribution in [2.45, 2.75) is 39.7 Å². The van der Waals surface area contributed by atoms with E-state index in [-0.39, 0.29) is 17.6 Å².